The van der Waals surface area contributed by atoms with E-state index in [2.05, 4.69) is 39.6 Å². The van der Waals surface area contributed by atoms with Gasteiger partial charge in [0.2, 0.25) is 0 Å². The topological polar surface area (TPSA) is 22.6 Å². The van der Waals surface area contributed by atoms with Crippen molar-refractivity contribution in [3.05, 3.63) is 24.0 Å². The first-order chi connectivity index (χ1) is 10.7. The van der Waals surface area contributed by atoms with Crippen LogP contribution in [0.2, 0.25) is 0 Å². The van der Waals surface area contributed by atoms with Crippen molar-refractivity contribution < 1.29 is 0 Å². The van der Waals surface area contributed by atoms with Crippen molar-refractivity contribution in [1.82, 2.24) is 14.8 Å². The molecule has 1 aromatic heterocycles. The number of aromatic nitrogens is 1. The van der Waals surface area contributed by atoms with E-state index in [0.29, 0.717) is 6.04 Å². The molecule has 4 heteroatoms. The third-order valence-corrected chi connectivity index (χ3v) is 5.05. The third kappa shape index (κ3) is 3.99. The highest BCUT2D eigenvalue weighted by Gasteiger charge is 2.19. The summed E-state index contributed by atoms with van der Waals surface area (Å²) < 4.78 is 0. The molecular formula is C18H30N4. The second-order valence-corrected chi connectivity index (χ2v) is 7.00. The Labute approximate surface area is 135 Å². The molecule has 4 nitrogen and oxygen atoms in total. The Hall–Kier alpha value is -1.13. The number of likely N-dealkylation sites (tertiary alicyclic amines) is 1. The molecule has 0 atom stereocenters. The van der Waals surface area contributed by atoms with Gasteiger partial charge in [0.25, 0.3) is 0 Å². The number of piperidine rings is 1. The SMILES string of the molecule is CC(C)N1CCN(c2cncc(CN3CCCCC3)c2)CC1. The predicted octanol–water partition coefficient (Wildman–Crippen LogP) is 2.60. The molecule has 3 rings (SSSR count). The van der Waals surface area contributed by atoms with Crippen molar-refractivity contribution in [2.45, 2.75) is 45.7 Å². The Kier molecular flexibility index (Phi) is 5.32. The molecule has 0 N–H and O–H groups in total. The summed E-state index contributed by atoms with van der Waals surface area (Å²) in [6.45, 7) is 12.7. The highest BCUT2D eigenvalue weighted by Crippen LogP contribution is 2.19. The van der Waals surface area contributed by atoms with Gasteiger partial charge in [-0.2, -0.15) is 0 Å². The molecule has 2 saturated heterocycles. The lowest BCUT2D eigenvalue weighted by Gasteiger charge is -2.38. The summed E-state index contributed by atoms with van der Waals surface area (Å²) in [5.74, 6) is 0. The molecule has 0 saturated carbocycles. The van der Waals surface area contributed by atoms with Crippen molar-refractivity contribution in [3.8, 4) is 0 Å². The van der Waals surface area contributed by atoms with Crippen molar-refractivity contribution >= 4 is 5.69 Å². The number of pyridine rings is 1. The van der Waals surface area contributed by atoms with Crippen LogP contribution >= 0.6 is 0 Å². The van der Waals surface area contributed by atoms with E-state index in [1.54, 1.807) is 0 Å². The summed E-state index contributed by atoms with van der Waals surface area (Å²) in [6, 6.07) is 3.01. The van der Waals surface area contributed by atoms with Crippen LogP contribution in [0.25, 0.3) is 0 Å². The molecule has 1 aromatic rings. The zero-order valence-corrected chi connectivity index (χ0v) is 14.2. The summed E-state index contributed by atoms with van der Waals surface area (Å²) in [5.41, 5.74) is 2.67. The summed E-state index contributed by atoms with van der Waals surface area (Å²) in [6.07, 6.45) is 8.18. The van der Waals surface area contributed by atoms with E-state index in [-0.39, 0.29) is 0 Å². The van der Waals surface area contributed by atoms with Crippen LogP contribution in [-0.4, -0.2) is 60.1 Å². The van der Waals surface area contributed by atoms with Gasteiger partial charge < -0.3 is 4.90 Å². The minimum Gasteiger partial charge on any atom is -0.368 e. The van der Waals surface area contributed by atoms with Crippen LogP contribution in [0.3, 0.4) is 0 Å². The Balaban J connectivity index is 1.59. The maximum absolute atomic E-state index is 4.50. The quantitative estimate of drug-likeness (QED) is 0.852. The molecule has 0 spiro atoms. The Bertz CT molecular complexity index is 460. The van der Waals surface area contributed by atoms with Gasteiger partial charge in [-0.15, -0.1) is 0 Å². The average molecular weight is 302 g/mol. The van der Waals surface area contributed by atoms with Gasteiger partial charge in [0, 0.05) is 45.0 Å². The van der Waals surface area contributed by atoms with Crippen LogP contribution in [0.1, 0.15) is 38.7 Å². The van der Waals surface area contributed by atoms with Crippen LogP contribution in [0.15, 0.2) is 18.5 Å². The minimum absolute atomic E-state index is 0.658. The lowest BCUT2D eigenvalue weighted by molar-refractivity contribution is 0.209. The first-order valence-electron chi connectivity index (χ1n) is 8.87. The fourth-order valence-corrected chi connectivity index (χ4v) is 3.61. The number of hydrogen-bond acceptors (Lipinski definition) is 4. The highest BCUT2D eigenvalue weighted by molar-refractivity contribution is 5.46. The Morgan fingerprint density at radius 1 is 0.955 bits per heavy atom. The fraction of sp³-hybridized carbons (Fsp3) is 0.722. The second-order valence-electron chi connectivity index (χ2n) is 7.00. The van der Waals surface area contributed by atoms with Crippen LogP contribution in [0, 0.1) is 0 Å². The summed E-state index contributed by atoms with van der Waals surface area (Å²) in [4.78, 5) is 12.1. The second kappa shape index (κ2) is 7.42. The zero-order chi connectivity index (χ0) is 15.4. The normalized spacial score (nSPS) is 21.5. The molecule has 0 radical (unpaired) electrons. The molecule has 0 aromatic carbocycles. The molecule has 0 aliphatic carbocycles. The van der Waals surface area contributed by atoms with Crippen LogP contribution < -0.4 is 4.90 Å². The summed E-state index contributed by atoms with van der Waals surface area (Å²) >= 11 is 0. The van der Waals surface area contributed by atoms with Crippen molar-refractivity contribution in [1.29, 1.82) is 0 Å². The molecule has 0 bridgehead atoms. The van der Waals surface area contributed by atoms with Gasteiger partial charge in [0.05, 0.1) is 11.9 Å². The molecular weight excluding hydrogens is 272 g/mol. The Morgan fingerprint density at radius 2 is 1.68 bits per heavy atom. The lowest BCUT2D eigenvalue weighted by atomic mass is 10.1. The van der Waals surface area contributed by atoms with E-state index >= 15 is 0 Å². The molecule has 0 amide bonds. The maximum Gasteiger partial charge on any atom is 0.0556 e. The van der Waals surface area contributed by atoms with Gasteiger partial charge >= 0.3 is 0 Å². The molecule has 0 unspecified atom stereocenters. The molecule has 122 valence electrons. The molecule has 2 aliphatic rings. The van der Waals surface area contributed by atoms with E-state index in [4.69, 9.17) is 0 Å². The van der Waals surface area contributed by atoms with E-state index < -0.39 is 0 Å². The number of rotatable bonds is 4. The molecule has 2 aliphatic heterocycles. The van der Waals surface area contributed by atoms with E-state index in [9.17, 15) is 0 Å². The van der Waals surface area contributed by atoms with Crippen LogP contribution in [-0.2, 0) is 6.54 Å². The Morgan fingerprint density at radius 3 is 2.36 bits per heavy atom. The molecule has 3 heterocycles. The molecule has 2 fully saturated rings. The van der Waals surface area contributed by atoms with Crippen LogP contribution in [0.4, 0.5) is 5.69 Å². The third-order valence-electron chi connectivity index (χ3n) is 5.05. The minimum atomic E-state index is 0.658. The standard InChI is InChI=1S/C18H30N4/c1-16(2)21-8-10-22(11-9-21)18-12-17(13-19-14-18)15-20-6-4-3-5-7-20/h12-14,16H,3-11,15H2,1-2H3. The van der Waals surface area contributed by atoms with Gasteiger partial charge in [0.15, 0.2) is 0 Å². The van der Waals surface area contributed by atoms with Crippen LogP contribution in [0.5, 0.6) is 0 Å². The zero-order valence-electron chi connectivity index (χ0n) is 14.2. The van der Waals surface area contributed by atoms with E-state index in [1.807, 2.05) is 12.4 Å². The first-order valence-corrected chi connectivity index (χ1v) is 8.87. The fourth-order valence-electron chi connectivity index (χ4n) is 3.61. The summed E-state index contributed by atoms with van der Waals surface area (Å²) in [5, 5.41) is 0. The number of nitrogens with zero attached hydrogens (tertiary/aromatic N) is 4. The van der Waals surface area contributed by atoms with Crippen molar-refractivity contribution in [2.24, 2.45) is 0 Å². The van der Waals surface area contributed by atoms with E-state index in [1.165, 1.54) is 43.6 Å². The average Bonchev–Trinajstić information content (AvgIpc) is 2.56. The van der Waals surface area contributed by atoms with E-state index in [0.717, 1.165) is 32.7 Å². The van der Waals surface area contributed by atoms with Gasteiger partial charge in [-0.1, -0.05) is 6.42 Å². The highest BCUT2D eigenvalue weighted by atomic mass is 15.3. The predicted molar refractivity (Wildman–Crippen MR) is 92.3 cm³/mol. The summed E-state index contributed by atoms with van der Waals surface area (Å²) in [7, 11) is 0. The largest absolute Gasteiger partial charge is 0.368 e. The number of anilines is 1. The van der Waals surface area contributed by atoms with Gasteiger partial charge in [-0.05, 0) is 51.4 Å². The monoisotopic (exact) mass is 302 g/mol. The van der Waals surface area contributed by atoms with Crippen molar-refractivity contribution in [2.75, 3.05) is 44.2 Å². The first kappa shape index (κ1) is 15.8. The number of piperazine rings is 1. The van der Waals surface area contributed by atoms with Crippen molar-refractivity contribution in [3.63, 3.8) is 0 Å². The van der Waals surface area contributed by atoms with Gasteiger partial charge in [-0.25, -0.2) is 0 Å². The van der Waals surface area contributed by atoms with Gasteiger partial charge in [0.1, 0.15) is 0 Å². The molecule has 22 heavy (non-hydrogen) atoms. The number of hydrogen-bond donors (Lipinski definition) is 0. The smallest absolute Gasteiger partial charge is 0.0556 e. The van der Waals surface area contributed by atoms with Gasteiger partial charge in [-0.3, -0.25) is 14.8 Å². The lowest BCUT2D eigenvalue weighted by Crippen LogP contribution is -2.48. The maximum atomic E-state index is 4.50.